The molecule has 1 amide bonds. The van der Waals surface area contributed by atoms with E-state index in [0.717, 1.165) is 11.1 Å². The smallest absolute Gasteiger partial charge is 0.308 e. The van der Waals surface area contributed by atoms with Crippen molar-refractivity contribution in [2.75, 3.05) is 14.1 Å². The van der Waals surface area contributed by atoms with E-state index >= 15 is 0 Å². The number of hydrogen-bond donors (Lipinski definition) is 0. The van der Waals surface area contributed by atoms with Gasteiger partial charge in [0, 0.05) is 33.0 Å². The van der Waals surface area contributed by atoms with Gasteiger partial charge in [0.1, 0.15) is 5.75 Å². The van der Waals surface area contributed by atoms with Gasteiger partial charge in [-0.15, -0.1) is 0 Å². The highest BCUT2D eigenvalue weighted by Crippen LogP contribution is 2.22. The predicted molar refractivity (Wildman–Crippen MR) is 85.0 cm³/mol. The lowest BCUT2D eigenvalue weighted by Gasteiger charge is -2.11. The van der Waals surface area contributed by atoms with Gasteiger partial charge in [0.05, 0.1) is 0 Å². The molecule has 0 aromatic heterocycles. The van der Waals surface area contributed by atoms with Crippen LogP contribution in [0.1, 0.15) is 28.4 Å². The summed E-state index contributed by atoms with van der Waals surface area (Å²) in [6.45, 7) is 1.39. The molecule has 0 bridgehead atoms. The minimum Gasteiger partial charge on any atom is -0.426 e. The first kappa shape index (κ1) is 15.8. The molecule has 0 saturated heterocycles. The summed E-state index contributed by atoms with van der Waals surface area (Å²) in [5.41, 5.74) is 2.64. The summed E-state index contributed by atoms with van der Waals surface area (Å²) >= 11 is 0. The number of carbonyl (C=O) groups is 2. The highest BCUT2D eigenvalue weighted by atomic mass is 16.5. The van der Waals surface area contributed by atoms with E-state index < -0.39 is 0 Å². The van der Waals surface area contributed by atoms with Gasteiger partial charge in [-0.1, -0.05) is 30.3 Å². The van der Waals surface area contributed by atoms with Crippen molar-refractivity contribution in [2.24, 2.45) is 0 Å². The normalized spacial score (nSPS) is 10.1. The first-order chi connectivity index (χ1) is 10.5. The summed E-state index contributed by atoms with van der Waals surface area (Å²) in [5.74, 6) is 0.217. The van der Waals surface area contributed by atoms with Gasteiger partial charge in [-0.05, 0) is 29.3 Å². The molecule has 0 spiro atoms. The summed E-state index contributed by atoms with van der Waals surface area (Å²) in [4.78, 5) is 24.5. The van der Waals surface area contributed by atoms with Gasteiger partial charge in [0.25, 0.3) is 5.91 Å². The van der Waals surface area contributed by atoms with E-state index in [2.05, 4.69) is 0 Å². The molecule has 0 heterocycles. The Bertz CT molecular complexity index is 675. The zero-order chi connectivity index (χ0) is 16.1. The third kappa shape index (κ3) is 3.95. The number of nitrogens with zero attached hydrogens (tertiary/aromatic N) is 1. The minimum atomic E-state index is -0.334. The van der Waals surface area contributed by atoms with Crippen molar-refractivity contribution in [3.63, 3.8) is 0 Å². The predicted octanol–water partition coefficient (Wildman–Crippen LogP) is 2.90. The molecule has 2 aromatic carbocycles. The highest BCUT2D eigenvalue weighted by molar-refractivity contribution is 5.93. The largest absolute Gasteiger partial charge is 0.426 e. The van der Waals surface area contributed by atoms with Crippen molar-refractivity contribution in [2.45, 2.75) is 13.3 Å². The molecule has 22 heavy (non-hydrogen) atoms. The van der Waals surface area contributed by atoms with Crippen LogP contribution in [-0.2, 0) is 11.2 Å². The molecule has 0 radical (unpaired) electrons. The molecule has 0 saturated carbocycles. The molecule has 0 fully saturated rings. The van der Waals surface area contributed by atoms with Crippen LogP contribution >= 0.6 is 0 Å². The van der Waals surface area contributed by atoms with E-state index in [1.807, 2.05) is 42.5 Å². The molecule has 4 nitrogen and oxygen atoms in total. The number of ether oxygens (including phenoxy) is 1. The maximum atomic E-state index is 11.9. The van der Waals surface area contributed by atoms with Crippen molar-refractivity contribution in [1.29, 1.82) is 0 Å². The highest BCUT2D eigenvalue weighted by Gasteiger charge is 2.09. The van der Waals surface area contributed by atoms with Crippen LogP contribution in [-0.4, -0.2) is 30.9 Å². The van der Waals surface area contributed by atoms with Crippen LogP contribution in [0.25, 0.3) is 0 Å². The quantitative estimate of drug-likeness (QED) is 0.644. The fourth-order valence-corrected chi connectivity index (χ4v) is 2.15. The summed E-state index contributed by atoms with van der Waals surface area (Å²) in [7, 11) is 3.46. The second-order valence-electron chi connectivity index (χ2n) is 5.27. The Hall–Kier alpha value is -2.62. The number of carbonyl (C=O) groups excluding carboxylic acids is 2. The summed E-state index contributed by atoms with van der Waals surface area (Å²) in [5, 5.41) is 0. The van der Waals surface area contributed by atoms with Crippen LogP contribution in [0.4, 0.5) is 0 Å². The van der Waals surface area contributed by atoms with E-state index in [0.29, 0.717) is 17.7 Å². The van der Waals surface area contributed by atoms with Crippen molar-refractivity contribution < 1.29 is 14.3 Å². The monoisotopic (exact) mass is 297 g/mol. The van der Waals surface area contributed by atoms with E-state index in [4.69, 9.17) is 4.74 Å². The summed E-state index contributed by atoms with van der Waals surface area (Å²) in [6.07, 6.45) is 0.639. The van der Waals surface area contributed by atoms with Crippen molar-refractivity contribution in [3.8, 4) is 5.75 Å². The third-order valence-corrected chi connectivity index (χ3v) is 3.23. The number of amides is 1. The van der Waals surface area contributed by atoms with Gasteiger partial charge < -0.3 is 9.64 Å². The Kier molecular flexibility index (Phi) is 4.94. The molecular weight excluding hydrogens is 278 g/mol. The Labute approximate surface area is 130 Å². The molecule has 0 aliphatic carbocycles. The first-order valence-corrected chi connectivity index (χ1v) is 7.04. The zero-order valence-corrected chi connectivity index (χ0v) is 13.0. The number of hydrogen-bond acceptors (Lipinski definition) is 3. The third-order valence-electron chi connectivity index (χ3n) is 3.23. The average molecular weight is 297 g/mol. The van der Waals surface area contributed by atoms with Gasteiger partial charge in [-0.3, -0.25) is 9.59 Å². The van der Waals surface area contributed by atoms with Crippen LogP contribution in [0.3, 0.4) is 0 Å². The molecule has 0 aliphatic heterocycles. The van der Waals surface area contributed by atoms with E-state index in [1.54, 1.807) is 25.1 Å². The van der Waals surface area contributed by atoms with Gasteiger partial charge in [0.15, 0.2) is 0 Å². The van der Waals surface area contributed by atoms with Gasteiger partial charge in [0.2, 0.25) is 0 Å². The molecule has 2 aromatic rings. The average Bonchev–Trinajstić information content (AvgIpc) is 2.48. The van der Waals surface area contributed by atoms with Crippen LogP contribution in [0, 0.1) is 0 Å². The Morgan fingerprint density at radius 2 is 1.64 bits per heavy atom. The molecular formula is C18H19NO3. The van der Waals surface area contributed by atoms with E-state index in [9.17, 15) is 9.59 Å². The van der Waals surface area contributed by atoms with E-state index in [-0.39, 0.29) is 11.9 Å². The second-order valence-corrected chi connectivity index (χ2v) is 5.27. The van der Waals surface area contributed by atoms with Crippen LogP contribution in [0.5, 0.6) is 5.75 Å². The lowest BCUT2D eigenvalue weighted by Crippen LogP contribution is -2.21. The molecule has 114 valence electrons. The van der Waals surface area contributed by atoms with Gasteiger partial charge in [-0.2, -0.15) is 0 Å². The molecule has 0 N–H and O–H groups in total. The molecule has 0 aliphatic rings. The van der Waals surface area contributed by atoms with Crippen LogP contribution < -0.4 is 4.74 Å². The lowest BCUT2D eigenvalue weighted by atomic mass is 10.0. The SMILES string of the molecule is CC(=O)Oc1ccccc1Cc1ccc(C(=O)N(C)C)cc1. The number of esters is 1. The number of rotatable bonds is 4. The maximum absolute atomic E-state index is 11.9. The molecule has 2 rings (SSSR count). The standard InChI is InChI=1S/C18H19NO3/c1-13(20)22-17-7-5-4-6-16(17)12-14-8-10-15(11-9-14)18(21)19(2)3/h4-11H,12H2,1-3H3. The summed E-state index contributed by atoms with van der Waals surface area (Å²) < 4.78 is 5.21. The molecule has 4 heteroatoms. The maximum Gasteiger partial charge on any atom is 0.308 e. The molecule has 0 atom stereocenters. The van der Waals surface area contributed by atoms with Crippen LogP contribution in [0.2, 0.25) is 0 Å². The fourth-order valence-electron chi connectivity index (χ4n) is 2.15. The van der Waals surface area contributed by atoms with Crippen molar-refractivity contribution in [3.05, 3.63) is 65.2 Å². The van der Waals surface area contributed by atoms with Gasteiger partial charge >= 0.3 is 5.97 Å². The first-order valence-electron chi connectivity index (χ1n) is 7.04. The van der Waals surface area contributed by atoms with Crippen molar-refractivity contribution >= 4 is 11.9 Å². The zero-order valence-electron chi connectivity index (χ0n) is 13.0. The van der Waals surface area contributed by atoms with Crippen molar-refractivity contribution in [1.82, 2.24) is 4.90 Å². The van der Waals surface area contributed by atoms with Crippen LogP contribution in [0.15, 0.2) is 48.5 Å². The topological polar surface area (TPSA) is 46.6 Å². The lowest BCUT2D eigenvalue weighted by molar-refractivity contribution is -0.131. The fraction of sp³-hybridized carbons (Fsp3) is 0.222. The Morgan fingerprint density at radius 1 is 1.00 bits per heavy atom. The van der Waals surface area contributed by atoms with Gasteiger partial charge in [-0.25, -0.2) is 0 Å². The summed E-state index contributed by atoms with van der Waals surface area (Å²) in [6, 6.07) is 14.9. The number of benzene rings is 2. The Balaban J connectivity index is 2.18. The Morgan fingerprint density at radius 3 is 2.23 bits per heavy atom. The molecule has 0 unspecified atom stereocenters. The minimum absolute atomic E-state index is 0.0214. The number of para-hydroxylation sites is 1. The second kappa shape index (κ2) is 6.89. The van der Waals surface area contributed by atoms with E-state index in [1.165, 1.54) is 6.92 Å².